The number of rotatable bonds is 8. The lowest BCUT2D eigenvalue weighted by atomic mass is 10.1. The number of anilines is 1. The van der Waals surface area contributed by atoms with E-state index in [2.05, 4.69) is 10.4 Å². The highest BCUT2D eigenvalue weighted by atomic mass is 32.2. The first-order valence-electron chi connectivity index (χ1n) is 10.6. The van der Waals surface area contributed by atoms with E-state index in [1.165, 1.54) is 7.11 Å². The quantitative estimate of drug-likeness (QED) is 0.387. The van der Waals surface area contributed by atoms with Crippen LogP contribution in [0.2, 0.25) is 0 Å². The normalized spacial score (nSPS) is 11.2. The summed E-state index contributed by atoms with van der Waals surface area (Å²) >= 11 is 0. The van der Waals surface area contributed by atoms with E-state index in [-0.39, 0.29) is 11.7 Å². The molecule has 0 aliphatic rings. The number of hydrogen-bond donors (Lipinski definition) is 2. The predicted octanol–water partition coefficient (Wildman–Crippen LogP) is 3.60. The van der Waals surface area contributed by atoms with Gasteiger partial charge in [0.1, 0.15) is 5.69 Å². The van der Waals surface area contributed by atoms with Crippen molar-refractivity contribution in [2.24, 2.45) is 5.14 Å². The van der Waals surface area contributed by atoms with E-state index in [0.717, 1.165) is 5.69 Å². The number of amides is 1. The number of ether oxygens (including phenoxy) is 2. The van der Waals surface area contributed by atoms with Crippen LogP contribution in [0.4, 0.5) is 5.69 Å². The number of nitrogens with two attached hydrogens (primary N) is 1. The van der Waals surface area contributed by atoms with E-state index in [4.69, 9.17) is 14.6 Å². The molecule has 0 saturated carbocycles. The molecule has 180 valence electrons. The summed E-state index contributed by atoms with van der Waals surface area (Å²) in [7, 11) is -0.555. The number of methoxy groups -OCH3 is 2. The molecule has 0 bridgehead atoms. The third kappa shape index (κ3) is 5.68. The summed E-state index contributed by atoms with van der Waals surface area (Å²) in [6, 6.07) is 21.2. The zero-order valence-corrected chi connectivity index (χ0v) is 20.0. The van der Waals surface area contributed by atoms with E-state index >= 15 is 0 Å². The molecule has 10 heteroatoms. The van der Waals surface area contributed by atoms with Gasteiger partial charge in [-0.05, 0) is 48.0 Å². The molecule has 35 heavy (non-hydrogen) atoms. The van der Waals surface area contributed by atoms with Gasteiger partial charge in [-0.2, -0.15) is 5.10 Å². The maximum Gasteiger partial charge on any atom is 0.259 e. The number of primary sulfonamides is 1. The summed E-state index contributed by atoms with van der Waals surface area (Å²) in [5.74, 6) is 0.408. The van der Waals surface area contributed by atoms with Gasteiger partial charge in [-0.15, -0.1) is 0 Å². The fourth-order valence-electron chi connectivity index (χ4n) is 3.56. The van der Waals surface area contributed by atoms with Crippen molar-refractivity contribution in [3.8, 4) is 28.4 Å². The van der Waals surface area contributed by atoms with Crippen molar-refractivity contribution in [1.82, 2.24) is 9.78 Å². The molecule has 0 fully saturated rings. The lowest BCUT2D eigenvalue weighted by Crippen LogP contribution is -2.15. The van der Waals surface area contributed by atoms with E-state index in [1.807, 2.05) is 30.3 Å². The van der Waals surface area contributed by atoms with Crippen molar-refractivity contribution in [3.05, 3.63) is 90.1 Å². The van der Waals surface area contributed by atoms with Gasteiger partial charge in [-0.25, -0.2) is 18.2 Å². The standard InChI is InChI=1S/C25H24N4O5S/c1-33-22-13-10-18(14-23(22)34-2)24-21(15-29(28-24)20-6-4-3-5-7-20)25(30)27-19-11-8-17(9-12-19)16-35(26,31)32/h3-15H,16H2,1-2H3,(H,27,30)(H2,26,31,32). The van der Waals surface area contributed by atoms with E-state index in [9.17, 15) is 13.2 Å². The predicted molar refractivity (Wildman–Crippen MR) is 133 cm³/mol. The largest absolute Gasteiger partial charge is 0.493 e. The topological polar surface area (TPSA) is 126 Å². The summed E-state index contributed by atoms with van der Waals surface area (Å²) < 4.78 is 35.0. The molecule has 4 rings (SSSR count). The summed E-state index contributed by atoms with van der Waals surface area (Å²) in [6.45, 7) is 0. The highest BCUT2D eigenvalue weighted by molar-refractivity contribution is 7.88. The molecule has 0 unspecified atom stereocenters. The molecule has 3 N–H and O–H groups in total. The van der Waals surface area contributed by atoms with Gasteiger partial charge in [0.15, 0.2) is 11.5 Å². The first kappa shape index (κ1) is 24.0. The van der Waals surface area contributed by atoms with E-state index in [0.29, 0.717) is 39.6 Å². The van der Waals surface area contributed by atoms with Gasteiger partial charge in [0.2, 0.25) is 10.0 Å². The molecule has 0 aliphatic carbocycles. The van der Waals surface area contributed by atoms with Gasteiger partial charge in [-0.3, -0.25) is 4.79 Å². The van der Waals surface area contributed by atoms with Crippen LogP contribution in [0.1, 0.15) is 15.9 Å². The van der Waals surface area contributed by atoms with Crippen LogP contribution in [0.3, 0.4) is 0 Å². The van der Waals surface area contributed by atoms with Crippen molar-refractivity contribution >= 4 is 21.6 Å². The second-order valence-corrected chi connectivity index (χ2v) is 9.31. The number of aromatic nitrogens is 2. The van der Waals surface area contributed by atoms with Gasteiger partial charge in [0.05, 0.1) is 31.2 Å². The summed E-state index contributed by atoms with van der Waals surface area (Å²) in [5, 5.41) is 12.6. The summed E-state index contributed by atoms with van der Waals surface area (Å²) in [6.07, 6.45) is 1.66. The maximum atomic E-state index is 13.3. The van der Waals surface area contributed by atoms with Crippen LogP contribution in [0.25, 0.3) is 16.9 Å². The van der Waals surface area contributed by atoms with Crippen LogP contribution >= 0.6 is 0 Å². The molecule has 9 nitrogen and oxygen atoms in total. The third-order valence-corrected chi connectivity index (χ3v) is 5.95. The number of nitrogens with one attached hydrogen (secondary N) is 1. The van der Waals surface area contributed by atoms with Gasteiger partial charge in [0, 0.05) is 17.4 Å². The number of para-hydroxylation sites is 1. The zero-order valence-electron chi connectivity index (χ0n) is 19.1. The van der Waals surface area contributed by atoms with E-state index < -0.39 is 10.0 Å². The molecule has 4 aromatic rings. The van der Waals surface area contributed by atoms with Gasteiger partial charge >= 0.3 is 0 Å². The SMILES string of the molecule is COc1ccc(-c2nn(-c3ccccc3)cc2C(=O)Nc2ccc(CS(N)(=O)=O)cc2)cc1OC. The summed E-state index contributed by atoms with van der Waals surface area (Å²) in [4.78, 5) is 13.3. The molecule has 0 spiro atoms. The minimum atomic E-state index is -3.64. The lowest BCUT2D eigenvalue weighted by Gasteiger charge is -2.10. The molecule has 1 amide bonds. The second kappa shape index (κ2) is 10.00. The summed E-state index contributed by atoms with van der Waals surface area (Å²) in [5.41, 5.74) is 3.28. The molecular formula is C25H24N4O5S. The minimum absolute atomic E-state index is 0.283. The Bertz CT molecular complexity index is 1450. The lowest BCUT2D eigenvalue weighted by molar-refractivity contribution is 0.102. The van der Waals surface area contributed by atoms with Crippen molar-refractivity contribution < 1.29 is 22.7 Å². The monoisotopic (exact) mass is 492 g/mol. The van der Waals surface area contributed by atoms with Crippen LogP contribution in [0.5, 0.6) is 11.5 Å². The van der Waals surface area contributed by atoms with Crippen molar-refractivity contribution in [2.45, 2.75) is 5.75 Å². The number of benzene rings is 3. The highest BCUT2D eigenvalue weighted by Crippen LogP contribution is 2.33. The number of carbonyl (C=O) groups is 1. The van der Waals surface area contributed by atoms with Gasteiger partial charge < -0.3 is 14.8 Å². The Kier molecular flexibility index (Phi) is 6.85. The Hall–Kier alpha value is -4.15. The molecule has 0 radical (unpaired) electrons. The Labute approximate surface area is 203 Å². The minimum Gasteiger partial charge on any atom is -0.493 e. The van der Waals surface area contributed by atoms with Crippen LogP contribution < -0.4 is 19.9 Å². The van der Waals surface area contributed by atoms with E-state index in [1.54, 1.807) is 60.5 Å². The smallest absolute Gasteiger partial charge is 0.259 e. The number of nitrogens with zero attached hydrogens (tertiary/aromatic N) is 2. The van der Waals surface area contributed by atoms with Crippen LogP contribution in [0, 0.1) is 0 Å². The zero-order chi connectivity index (χ0) is 25.0. The molecule has 0 atom stereocenters. The van der Waals surface area contributed by atoms with Crippen LogP contribution in [-0.2, 0) is 15.8 Å². The second-order valence-electron chi connectivity index (χ2n) is 7.70. The first-order chi connectivity index (χ1) is 16.8. The third-order valence-electron chi connectivity index (χ3n) is 5.22. The fraction of sp³-hybridized carbons (Fsp3) is 0.120. The molecule has 3 aromatic carbocycles. The van der Waals surface area contributed by atoms with Crippen LogP contribution in [0.15, 0.2) is 79.0 Å². The molecule has 0 saturated heterocycles. The fourth-order valence-corrected chi connectivity index (χ4v) is 4.22. The molecule has 1 aromatic heterocycles. The highest BCUT2D eigenvalue weighted by Gasteiger charge is 2.20. The molecular weight excluding hydrogens is 468 g/mol. The Morgan fingerprint density at radius 3 is 2.29 bits per heavy atom. The van der Waals surface area contributed by atoms with Gasteiger partial charge in [0.25, 0.3) is 5.91 Å². The molecule has 1 heterocycles. The number of carbonyl (C=O) groups excluding carboxylic acids is 1. The average Bonchev–Trinajstić information content (AvgIpc) is 3.30. The van der Waals surface area contributed by atoms with Crippen molar-refractivity contribution in [1.29, 1.82) is 0 Å². The van der Waals surface area contributed by atoms with Crippen LogP contribution in [-0.4, -0.2) is 38.3 Å². The Morgan fingerprint density at radius 1 is 0.971 bits per heavy atom. The molecule has 0 aliphatic heterocycles. The Morgan fingerprint density at radius 2 is 1.66 bits per heavy atom. The average molecular weight is 493 g/mol. The first-order valence-corrected chi connectivity index (χ1v) is 12.3. The van der Waals surface area contributed by atoms with Gasteiger partial charge in [-0.1, -0.05) is 30.3 Å². The maximum absolute atomic E-state index is 13.3. The number of hydrogen-bond acceptors (Lipinski definition) is 6. The van der Waals surface area contributed by atoms with Crippen molar-refractivity contribution in [2.75, 3.05) is 19.5 Å². The Balaban J connectivity index is 1.70. The number of sulfonamides is 1. The van der Waals surface area contributed by atoms with Crippen molar-refractivity contribution in [3.63, 3.8) is 0 Å².